The number of rotatable bonds is 7. The molecule has 0 aliphatic carbocycles. The first-order valence-electron chi connectivity index (χ1n) is 9.21. The second-order valence-corrected chi connectivity index (χ2v) is 7.56. The van der Waals surface area contributed by atoms with E-state index in [0.717, 1.165) is 20.4 Å². The molecule has 0 saturated carbocycles. The second kappa shape index (κ2) is 10.5. The molecule has 6 nitrogen and oxygen atoms in total. The fourth-order valence-corrected chi connectivity index (χ4v) is 3.18. The zero-order chi connectivity index (χ0) is 21.3. The van der Waals surface area contributed by atoms with E-state index < -0.39 is 5.97 Å². The van der Waals surface area contributed by atoms with Gasteiger partial charge in [0.05, 0.1) is 18.3 Å². The molecule has 3 aromatic carbocycles. The number of aryl methyl sites for hydroxylation is 1. The maximum absolute atomic E-state index is 12.2. The van der Waals surface area contributed by atoms with Crippen LogP contribution in [0.15, 0.2) is 77.9 Å². The minimum Gasteiger partial charge on any atom is -0.423 e. The number of hydrogen-bond donors (Lipinski definition) is 2. The second-order valence-electron chi connectivity index (χ2n) is 6.40. The number of hydrogen-bond acceptors (Lipinski definition) is 5. The minimum atomic E-state index is -0.408. The van der Waals surface area contributed by atoms with Gasteiger partial charge in [0.1, 0.15) is 5.75 Å². The topological polar surface area (TPSA) is 79.8 Å². The van der Waals surface area contributed by atoms with Crippen LogP contribution in [-0.2, 0) is 4.79 Å². The van der Waals surface area contributed by atoms with Crippen molar-refractivity contribution < 1.29 is 14.3 Å². The summed E-state index contributed by atoms with van der Waals surface area (Å²) in [6.45, 7) is 2.09. The van der Waals surface area contributed by atoms with Gasteiger partial charge in [0.15, 0.2) is 0 Å². The molecule has 0 atom stereocenters. The molecule has 0 bridgehead atoms. The molecule has 0 radical (unpaired) electrons. The summed E-state index contributed by atoms with van der Waals surface area (Å²) in [5, 5.41) is 7.02. The standard InChI is InChI=1S/C23H20IN3O3/c1-16-6-2-5-9-21(16)25-15-22(28)27-26-14-17-10-12-18(13-11-17)30-23(29)19-7-3-4-8-20(19)24/h2-14,25H,15H2,1H3,(H,27,28)/b26-14+. The number of ether oxygens (including phenoxy) is 1. The zero-order valence-corrected chi connectivity index (χ0v) is 18.4. The lowest BCUT2D eigenvalue weighted by atomic mass is 10.2. The van der Waals surface area contributed by atoms with Crippen molar-refractivity contribution >= 4 is 46.4 Å². The van der Waals surface area contributed by atoms with Crippen molar-refractivity contribution in [3.8, 4) is 5.75 Å². The number of anilines is 1. The summed E-state index contributed by atoms with van der Waals surface area (Å²) in [6.07, 6.45) is 1.53. The van der Waals surface area contributed by atoms with Crippen LogP contribution in [0.1, 0.15) is 21.5 Å². The predicted octanol–water partition coefficient (Wildman–Crippen LogP) is 4.38. The lowest BCUT2D eigenvalue weighted by Gasteiger charge is -2.08. The van der Waals surface area contributed by atoms with Crippen LogP contribution in [0.2, 0.25) is 0 Å². The van der Waals surface area contributed by atoms with E-state index in [4.69, 9.17) is 4.74 Å². The van der Waals surface area contributed by atoms with Gasteiger partial charge in [-0.05, 0) is 83.1 Å². The predicted molar refractivity (Wildman–Crippen MR) is 126 cm³/mol. The Morgan fingerprint density at radius 1 is 1.00 bits per heavy atom. The average molecular weight is 513 g/mol. The molecule has 0 spiro atoms. The molecule has 0 saturated heterocycles. The minimum absolute atomic E-state index is 0.120. The summed E-state index contributed by atoms with van der Waals surface area (Å²) in [5.74, 6) is -0.226. The van der Waals surface area contributed by atoms with Gasteiger partial charge in [0, 0.05) is 9.26 Å². The molecular formula is C23H20IN3O3. The Bertz CT molecular complexity index is 1070. The molecule has 0 aromatic heterocycles. The number of para-hydroxylation sites is 1. The number of nitrogens with zero attached hydrogens (tertiary/aromatic N) is 1. The molecule has 2 N–H and O–H groups in total. The van der Waals surface area contributed by atoms with Crippen molar-refractivity contribution in [1.82, 2.24) is 5.43 Å². The molecule has 3 rings (SSSR count). The van der Waals surface area contributed by atoms with E-state index in [1.54, 1.807) is 36.4 Å². The van der Waals surface area contributed by atoms with E-state index >= 15 is 0 Å². The number of carbonyl (C=O) groups excluding carboxylic acids is 2. The lowest BCUT2D eigenvalue weighted by molar-refractivity contribution is -0.119. The zero-order valence-electron chi connectivity index (χ0n) is 16.3. The fraction of sp³-hybridized carbons (Fsp3) is 0.0870. The highest BCUT2D eigenvalue weighted by atomic mass is 127. The van der Waals surface area contributed by atoms with Crippen LogP contribution in [-0.4, -0.2) is 24.6 Å². The molecule has 152 valence electrons. The van der Waals surface area contributed by atoms with Gasteiger partial charge in [-0.25, -0.2) is 10.2 Å². The van der Waals surface area contributed by atoms with Crippen molar-refractivity contribution in [2.45, 2.75) is 6.92 Å². The normalized spacial score (nSPS) is 10.6. The van der Waals surface area contributed by atoms with Gasteiger partial charge in [-0.3, -0.25) is 4.79 Å². The molecule has 0 aliphatic heterocycles. The van der Waals surface area contributed by atoms with E-state index in [1.165, 1.54) is 6.21 Å². The van der Waals surface area contributed by atoms with Gasteiger partial charge < -0.3 is 10.1 Å². The Hall–Kier alpha value is -3.20. The number of amides is 1. The number of benzene rings is 3. The third-order valence-corrected chi connectivity index (χ3v) is 5.11. The molecule has 7 heteroatoms. The number of halogens is 1. The molecule has 0 heterocycles. The van der Waals surface area contributed by atoms with Crippen LogP contribution in [0.4, 0.5) is 5.69 Å². The van der Waals surface area contributed by atoms with Crippen LogP contribution >= 0.6 is 22.6 Å². The summed E-state index contributed by atoms with van der Waals surface area (Å²) < 4.78 is 6.23. The van der Waals surface area contributed by atoms with Crippen molar-refractivity contribution in [3.63, 3.8) is 0 Å². The third-order valence-electron chi connectivity index (χ3n) is 4.17. The molecule has 3 aromatic rings. The van der Waals surface area contributed by atoms with Gasteiger partial charge in [-0.15, -0.1) is 0 Å². The number of carbonyl (C=O) groups is 2. The SMILES string of the molecule is Cc1ccccc1NCC(=O)N/N=C/c1ccc(OC(=O)c2ccccc2I)cc1. The Labute approximate surface area is 188 Å². The van der Waals surface area contributed by atoms with E-state index in [2.05, 4.69) is 38.4 Å². The van der Waals surface area contributed by atoms with Gasteiger partial charge in [0.25, 0.3) is 5.91 Å². The van der Waals surface area contributed by atoms with E-state index in [0.29, 0.717) is 11.3 Å². The van der Waals surface area contributed by atoms with E-state index in [-0.39, 0.29) is 12.5 Å². The Kier molecular flexibility index (Phi) is 7.56. The number of esters is 1. The highest BCUT2D eigenvalue weighted by Gasteiger charge is 2.11. The molecule has 30 heavy (non-hydrogen) atoms. The van der Waals surface area contributed by atoms with Gasteiger partial charge in [-0.1, -0.05) is 30.3 Å². The summed E-state index contributed by atoms with van der Waals surface area (Å²) in [7, 11) is 0. The van der Waals surface area contributed by atoms with Gasteiger partial charge in [-0.2, -0.15) is 5.10 Å². The van der Waals surface area contributed by atoms with Crippen LogP contribution in [0.25, 0.3) is 0 Å². The summed E-state index contributed by atoms with van der Waals surface area (Å²) in [5.41, 5.74) is 5.73. The molecule has 0 aliphatic rings. The Balaban J connectivity index is 1.48. The van der Waals surface area contributed by atoms with E-state index in [1.807, 2.05) is 43.3 Å². The van der Waals surface area contributed by atoms with Crippen LogP contribution in [0.5, 0.6) is 5.75 Å². The molecule has 0 fully saturated rings. The first-order chi connectivity index (χ1) is 14.5. The van der Waals surface area contributed by atoms with Gasteiger partial charge >= 0.3 is 5.97 Å². The van der Waals surface area contributed by atoms with E-state index in [9.17, 15) is 9.59 Å². The maximum Gasteiger partial charge on any atom is 0.344 e. The lowest BCUT2D eigenvalue weighted by Crippen LogP contribution is -2.26. The molecular weight excluding hydrogens is 493 g/mol. The van der Waals surface area contributed by atoms with Crippen LogP contribution < -0.4 is 15.5 Å². The third kappa shape index (κ3) is 6.15. The maximum atomic E-state index is 12.2. The highest BCUT2D eigenvalue weighted by molar-refractivity contribution is 14.1. The smallest absolute Gasteiger partial charge is 0.344 e. The van der Waals surface area contributed by atoms with Crippen molar-refractivity contribution in [2.24, 2.45) is 5.10 Å². The fourth-order valence-electron chi connectivity index (χ4n) is 2.58. The van der Waals surface area contributed by atoms with Crippen molar-refractivity contribution in [2.75, 3.05) is 11.9 Å². The summed E-state index contributed by atoms with van der Waals surface area (Å²) in [6, 6.07) is 21.8. The summed E-state index contributed by atoms with van der Waals surface area (Å²) in [4.78, 5) is 24.2. The van der Waals surface area contributed by atoms with Crippen LogP contribution in [0.3, 0.4) is 0 Å². The van der Waals surface area contributed by atoms with Crippen molar-refractivity contribution in [3.05, 3.63) is 93.1 Å². The first kappa shape index (κ1) is 21.5. The summed E-state index contributed by atoms with van der Waals surface area (Å²) >= 11 is 2.10. The Morgan fingerprint density at radius 3 is 2.43 bits per heavy atom. The number of hydrazone groups is 1. The monoisotopic (exact) mass is 513 g/mol. The van der Waals surface area contributed by atoms with Gasteiger partial charge in [0.2, 0.25) is 0 Å². The number of nitrogens with one attached hydrogen (secondary N) is 2. The first-order valence-corrected chi connectivity index (χ1v) is 10.3. The molecule has 0 unspecified atom stereocenters. The van der Waals surface area contributed by atoms with Crippen molar-refractivity contribution in [1.29, 1.82) is 0 Å². The molecule has 1 amide bonds. The van der Waals surface area contributed by atoms with Crippen LogP contribution in [0, 0.1) is 10.5 Å². The highest BCUT2D eigenvalue weighted by Crippen LogP contribution is 2.17. The largest absolute Gasteiger partial charge is 0.423 e. The quantitative estimate of drug-likeness (QED) is 0.162. The average Bonchev–Trinajstić information content (AvgIpc) is 2.74. The Morgan fingerprint density at radius 2 is 1.70 bits per heavy atom.